The van der Waals surface area contributed by atoms with Gasteiger partial charge in [-0.25, -0.2) is 4.79 Å². The molecule has 2 aromatic carbocycles. The van der Waals surface area contributed by atoms with E-state index in [2.05, 4.69) is 15.5 Å². The van der Waals surface area contributed by atoms with Crippen LogP contribution in [0.1, 0.15) is 15.9 Å². The lowest BCUT2D eigenvalue weighted by Gasteiger charge is -2.30. The molecule has 0 aliphatic carbocycles. The van der Waals surface area contributed by atoms with Crippen LogP contribution < -0.4 is 15.5 Å². The summed E-state index contributed by atoms with van der Waals surface area (Å²) in [6.07, 6.45) is 1.67. The zero-order valence-corrected chi connectivity index (χ0v) is 16.6. The summed E-state index contributed by atoms with van der Waals surface area (Å²) in [5, 5.41) is 14.1. The van der Waals surface area contributed by atoms with Crippen molar-refractivity contribution in [3.63, 3.8) is 0 Å². The molecule has 1 fully saturated rings. The second-order valence-corrected chi connectivity index (χ2v) is 6.81. The number of carboxylic acid groups (broad SMARTS) is 1. The van der Waals surface area contributed by atoms with Gasteiger partial charge in [0.1, 0.15) is 0 Å². The summed E-state index contributed by atoms with van der Waals surface area (Å²) in [5.41, 5.74) is 3.28. The number of carbonyl (C=O) groups excluding carboxylic acids is 2. The standard InChI is InChI=1S/C22H23N3O5/c1-15-2-4-16(5-3-15)24-22(29)18-14-17(23-20(26)8-9-21(27)28)6-7-19(18)25-10-12-30-13-11-25/h2-9,14H,10-13H2,1H3,(H,23,26)(H,24,29)(H,27,28). The molecule has 8 nitrogen and oxygen atoms in total. The number of rotatable bonds is 6. The van der Waals surface area contributed by atoms with Crippen molar-refractivity contribution in [3.8, 4) is 0 Å². The molecule has 0 unspecified atom stereocenters. The maximum absolute atomic E-state index is 13.0. The van der Waals surface area contributed by atoms with Crippen LogP contribution in [0.15, 0.2) is 54.6 Å². The lowest BCUT2D eigenvalue weighted by Crippen LogP contribution is -2.37. The van der Waals surface area contributed by atoms with E-state index in [1.165, 1.54) is 0 Å². The van der Waals surface area contributed by atoms with E-state index in [9.17, 15) is 14.4 Å². The van der Waals surface area contributed by atoms with E-state index in [0.717, 1.165) is 23.4 Å². The van der Waals surface area contributed by atoms with E-state index in [4.69, 9.17) is 9.84 Å². The average molecular weight is 409 g/mol. The Bertz CT molecular complexity index is 963. The molecule has 156 valence electrons. The number of benzene rings is 2. The van der Waals surface area contributed by atoms with E-state index < -0.39 is 11.9 Å². The summed E-state index contributed by atoms with van der Waals surface area (Å²) in [6, 6.07) is 12.5. The van der Waals surface area contributed by atoms with Gasteiger partial charge >= 0.3 is 5.97 Å². The third kappa shape index (κ3) is 5.68. The Morgan fingerprint density at radius 1 is 0.967 bits per heavy atom. The highest BCUT2D eigenvalue weighted by atomic mass is 16.5. The first-order valence-electron chi connectivity index (χ1n) is 9.49. The summed E-state index contributed by atoms with van der Waals surface area (Å²) in [6.45, 7) is 4.40. The molecule has 3 N–H and O–H groups in total. The van der Waals surface area contributed by atoms with Gasteiger partial charge in [0, 0.05) is 42.3 Å². The molecule has 0 bridgehead atoms. The van der Waals surface area contributed by atoms with Crippen LogP contribution in [0.4, 0.5) is 17.1 Å². The van der Waals surface area contributed by atoms with E-state index in [-0.39, 0.29) is 5.91 Å². The first kappa shape index (κ1) is 21.1. The minimum Gasteiger partial charge on any atom is -0.478 e. The van der Waals surface area contributed by atoms with E-state index >= 15 is 0 Å². The molecule has 0 radical (unpaired) electrons. The van der Waals surface area contributed by atoms with Gasteiger partial charge in [-0.05, 0) is 37.3 Å². The molecule has 0 aromatic heterocycles. The van der Waals surface area contributed by atoms with E-state index in [1.807, 2.05) is 31.2 Å². The van der Waals surface area contributed by atoms with Gasteiger partial charge in [-0.1, -0.05) is 17.7 Å². The van der Waals surface area contributed by atoms with Crippen LogP contribution in [-0.2, 0) is 14.3 Å². The average Bonchev–Trinajstić information content (AvgIpc) is 2.74. The van der Waals surface area contributed by atoms with Gasteiger partial charge in [-0.3, -0.25) is 9.59 Å². The first-order chi connectivity index (χ1) is 14.4. The second kappa shape index (κ2) is 9.71. The minimum atomic E-state index is -1.22. The van der Waals surface area contributed by atoms with E-state index in [1.54, 1.807) is 18.2 Å². The lowest BCUT2D eigenvalue weighted by molar-refractivity contribution is -0.131. The van der Waals surface area contributed by atoms with Crippen molar-refractivity contribution in [2.45, 2.75) is 6.92 Å². The third-order valence-corrected chi connectivity index (χ3v) is 4.55. The van der Waals surface area contributed by atoms with Gasteiger partial charge in [0.25, 0.3) is 5.91 Å². The van der Waals surface area contributed by atoms with Crippen molar-refractivity contribution < 1.29 is 24.2 Å². The molecule has 8 heteroatoms. The number of nitrogens with zero attached hydrogens (tertiary/aromatic N) is 1. The number of aryl methyl sites for hydroxylation is 1. The highest BCUT2D eigenvalue weighted by Gasteiger charge is 2.20. The van der Waals surface area contributed by atoms with Gasteiger partial charge in [0.2, 0.25) is 5.91 Å². The largest absolute Gasteiger partial charge is 0.478 e. The molecule has 0 atom stereocenters. The molecule has 3 rings (SSSR count). The van der Waals surface area contributed by atoms with Crippen molar-refractivity contribution >= 4 is 34.8 Å². The van der Waals surface area contributed by atoms with Gasteiger partial charge in [0.15, 0.2) is 0 Å². The predicted molar refractivity (Wildman–Crippen MR) is 114 cm³/mol. The maximum Gasteiger partial charge on any atom is 0.328 e. The number of amides is 2. The van der Waals surface area contributed by atoms with Crippen molar-refractivity contribution in [2.24, 2.45) is 0 Å². The Morgan fingerprint density at radius 3 is 2.30 bits per heavy atom. The van der Waals surface area contributed by atoms with Gasteiger partial charge in [-0.15, -0.1) is 0 Å². The number of carbonyl (C=O) groups is 3. The van der Waals surface area contributed by atoms with Crippen LogP contribution >= 0.6 is 0 Å². The molecular weight excluding hydrogens is 386 g/mol. The van der Waals surface area contributed by atoms with Crippen molar-refractivity contribution in [1.82, 2.24) is 0 Å². The number of nitrogens with one attached hydrogen (secondary N) is 2. The molecule has 1 heterocycles. The Morgan fingerprint density at radius 2 is 1.63 bits per heavy atom. The van der Waals surface area contributed by atoms with Crippen molar-refractivity contribution in [1.29, 1.82) is 0 Å². The predicted octanol–water partition coefficient (Wildman–Crippen LogP) is 2.66. The Hall–Kier alpha value is -3.65. The molecule has 1 aliphatic rings. The molecule has 1 aliphatic heterocycles. The minimum absolute atomic E-state index is 0.308. The monoisotopic (exact) mass is 409 g/mol. The second-order valence-electron chi connectivity index (χ2n) is 6.81. The first-order valence-corrected chi connectivity index (χ1v) is 9.49. The molecule has 30 heavy (non-hydrogen) atoms. The maximum atomic E-state index is 13.0. The summed E-state index contributed by atoms with van der Waals surface area (Å²) in [5.74, 6) is -2.12. The zero-order chi connectivity index (χ0) is 21.5. The number of morpholine rings is 1. The molecular formula is C22H23N3O5. The number of anilines is 3. The normalized spacial score (nSPS) is 13.8. The SMILES string of the molecule is Cc1ccc(NC(=O)c2cc(NC(=O)C=CC(=O)O)ccc2N2CCOCC2)cc1. The highest BCUT2D eigenvalue weighted by Crippen LogP contribution is 2.26. The van der Waals surface area contributed by atoms with Gasteiger partial charge in [0.05, 0.1) is 18.8 Å². The fraction of sp³-hybridized carbons (Fsp3) is 0.227. The number of carboxylic acids is 1. The molecule has 0 saturated carbocycles. The summed E-state index contributed by atoms with van der Waals surface area (Å²) >= 11 is 0. The van der Waals surface area contributed by atoms with Crippen LogP contribution in [-0.4, -0.2) is 49.2 Å². The Kier molecular flexibility index (Phi) is 6.82. The topological polar surface area (TPSA) is 108 Å². The molecule has 1 saturated heterocycles. The van der Waals surface area contributed by atoms with Crippen LogP contribution in [0.2, 0.25) is 0 Å². The third-order valence-electron chi connectivity index (χ3n) is 4.55. The Labute approximate surface area is 174 Å². The smallest absolute Gasteiger partial charge is 0.328 e. The van der Waals surface area contributed by atoms with Crippen molar-refractivity contribution in [3.05, 3.63) is 65.7 Å². The number of aliphatic carboxylic acids is 1. The van der Waals surface area contributed by atoms with Gasteiger partial charge < -0.3 is 25.4 Å². The molecule has 2 aromatic rings. The fourth-order valence-electron chi connectivity index (χ4n) is 3.04. The van der Waals surface area contributed by atoms with Crippen molar-refractivity contribution in [2.75, 3.05) is 41.8 Å². The number of hydrogen-bond acceptors (Lipinski definition) is 5. The summed E-state index contributed by atoms with van der Waals surface area (Å²) in [7, 11) is 0. The van der Waals surface area contributed by atoms with Crippen LogP contribution in [0, 0.1) is 6.92 Å². The quantitative estimate of drug-likeness (QED) is 0.633. The van der Waals surface area contributed by atoms with Crippen LogP contribution in [0.25, 0.3) is 0 Å². The molecule has 0 spiro atoms. The van der Waals surface area contributed by atoms with Crippen LogP contribution in [0.5, 0.6) is 0 Å². The zero-order valence-electron chi connectivity index (χ0n) is 16.6. The number of hydrogen-bond donors (Lipinski definition) is 3. The van der Waals surface area contributed by atoms with Gasteiger partial charge in [-0.2, -0.15) is 0 Å². The summed E-state index contributed by atoms with van der Waals surface area (Å²) in [4.78, 5) is 37.6. The van der Waals surface area contributed by atoms with Crippen LogP contribution in [0.3, 0.4) is 0 Å². The summed E-state index contributed by atoms with van der Waals surface area (Å²) < 4.78 is 5.40. The highest BCUT2D eigenvalue weighted by molar-refractivity contribution is 6.10. The Balaban J connectivity index is 1.87. The van der Waals surface area contributed by atoms with E-state index in [0.29, 0.717) is 43.2 Å². The molecule has 2 amide bonds. The number of ether oxygens (including phenoxy) is 1. The fourth-order valence-corrected chi connectivity index (χ4v) is 3.04. The lowest BCUT2D eigenvalue weighted by atomic mass is 10.1.